The molecule has 174 valence electrons. The molecule has 2 aliphatic carbocycles. The maximum Gasteiger partial charge on any atom is 0.127 e. The van der Waals surface area contributed by atoms with Crippen LogP contribution in [0.5, 0.6) is 11.5 Å². The fourth-order valence-corrected chi connectivity index (χ4v) is 6.86. The third kappa shape index (κ3) is 3.55. The minimum atomic E-state index is 0.337. The van der Waals surface area contributed by atoms with E-state index in [1.54, 1.807) is 0 Å². The number of benzene rings is 2. The minimum Gasteiger partial charge on any atom is -0.508 e. The lowest BCUT2D eigenvalue weighted by Gasteiger charge is -2.37. The quantitative estimate of drug-likeness (QED) is 0.507. The Balaban J connectivity index is 2.06. The largest absolute Gasteiger partial charge is 0.508 e. The Kier molecular flexibility index (Phi) is 6.11. The first-order valence-electron chi connectivity index (χ1n) is 12.8. The predicted molar refractivity (Wildman–Crippen MR) is 135 cm³/mol. The Bertz CT molecular complexity index is 1030. The van der Waals surface area contributed by atoms with Crippen LogP contribution < -0.4 is 0 Å². The predicted octanol–water partition coefficient (Wildman–Crippen LogP) is 8.66. The zero-order valence-corrected chi connectivity index (χ0v) is 21.3. The van der Waals surface area contributed by atoms with Crippen LogP contribution in [0.1, 0.15) is 124 Å². The van der Waals surface area contributed by atoms with E-state index in [0.717, 1.165) is 41.5 Å². The molecule has 0 amide bonds. The van der Waals surface area contributed by atoms with Crippen molar-refractivity contribution in [3.63, 3.8) is 0 Å². The highest BCUT2D eigenvalue weighted by molar-refractivity contribution is 5.84. The number of phenolic OH excluding ortho intramolecular Hbond substituents is 2. The molecule has 2 aromatic rings. The van der Waals surface area contributed by atoms with Crippen LogP contribution in [0, 0.1) is 25.7 Å². The van der Waals surface area contributed by atoms with Crippen LogP contribution in [0.2, 0.25) is 0 Å². The van der Waals surface area contributed by atoms with Crippen molar-refractivity contribution in [1.29, 1.82) is 0 Å². The van der Waals surface area contributed by atoms with Crippen LogP contribution in [-0.2, 0) is 0 Å². The van der Waals surface area contributed by atoms with Crippen LogP contribution in [0.25, 0.3) is 11.1 Å². The first-order chi connectivity index (χ1) is 15.0. The summed E-state index contributed by atoms with van der Waals surface area (Å²) in [6.45, 7) is 18.0. The molecule has 32 heavy (non-hydrogen) atoms. The summed E-state index contributed by atoms with van der Waals surface area (Å²) in [5.41, 5.74) is 9.35. The highest BCUT2D eigenvalue weighted by atomic mass is 16.3. The molecule has 2 aliphatic rings. The average molecular weight is 435 g/mol. The lowest BCUT2D eigenvalue weighted by Crippen LogP contribution is -2.20. The summed E-state index contributed by atoms with van der Waals surface area (Å²) in [5, 5.41) is 22.8. The van der Waals surface area contributed by atoms with Gasteiger partial charge in [-0.3, -0.25) is 0 Å². The van der Waals surface area contributed by atoms with E-state index < -0.39 is 0 Å². The highest BCUT2D eigenvalue weighted by Gasteiger charge is 2.36. The number of aryl methyl sites for hydroxylation is 2. The third-order valence-corrected chi connectivity index (χ3v) is 8.59. The molecule has 0 aromatic heterocycles. The summed E-state index contributed by atoms with van der Waals surface area (Å²) in [5.74, 6) is 3.61. The van der Waals surface area contributed by atoms with Gasteiger partial charge in [0, 0.05) is 16.7 Å². The molecule has 4 atom stereocenters. The Morgan fingerprint density at radius 2 is 1.22 bits per heavy atom. The smallest absolute Gasteiger partial charge is 0.127 e. The second-order valence-corrected chi connectivity index (χ2v) is 11.5. The molecular formula is C30H42O2. The molecular weight excluding hydrogens is 392 g/mol. The monoisotopic (exact) mass is 434 g/mol. The molecule has 0 aliphatic heterocycles. The van der Waals surface area contributed by atoms with Crippen molar-refractivity contribution < 1.29 is 10.2 Å². The molecule has 0 heterocycles. The lowest BCUT2D eigenvalue weighted by atomic mass is 9.67. The summed E-state index contributed by atoms with van der Waals surface area (Å²) in [4.78, 5) is 0. The van der Waals surface area contributed by atoms with Gasteiger partial charge in [-0.2, -0.15) is 0 Å². The molecule has 2 nitrogen and oxygen atoms in total. The van der Waals surface area contributed by atoms with E-state index in [-0.39, 0.29) is 0 Å². The van der Waals surface area contributed by atoms with Crippen molar-refractivity contribution in [3.8, 4) is 22.6 Å². The van der Waals surface area contributed by atoms with Gasteiger partial charge in [0.25, 0.3) is 0 Å². The molecule has 2 heteroatoms. The summed E-state index contributed by atoms with van der Waals surface area (Å²) in [6, 6.07) is 4.31. The van der Waals surface area contributed by atoms with Crippen molar-refractivity contribution in [3.05, 3.63) is 45.5 Å². The van der Waals surface area contributed by atoms with E-state index in [1.165, 1.54) is 28.7 Å². The van der Waals surface area contributed by atoms with E-state index in [4.69, 9.17) is 0 Å². The summed E-state index contributed by atoms with van der Waals surface area (Å²) < 4.78 is 0. The molecule has 2 N–H and O–H groups in total. The SMILES string of the molecule is Cc1cc2c(c(O)c1-c1c(C)cc(O)c3c1[C@@H](C(C)C)CC[C@@H]3C)[C@@H](C)CC[C@@H]2C(C)C. The zero-order chi connectivity index (χ0) is 23.5. The van der Waals surface area contributed by atoms with E-state index in [9.17, 15) is 10.2 Å². The number of hydrogen-bond donors (Lipinski definition) is 2. The normalized spacial score (nSPS) is 25.2. The summed E-state index contributed by atoms with van der Waals surface area (Å²) in [7, 11) is 0. The number of fused-ring (bicyclic) bond motifs is 2. The standard InChI is InChI=1S/C30H42O2/c1-15(2)21-11-9-17(5)25-23(21)13-19(7)28(30(25)32)27-20(8)14-24(31)26-18(6)10-12-22(16(3)4)29(26)27/h13-18,21-22,31-32H,9-12H2,1-8H3/t17-,18-,21+,22+/m0/s1. The zero-order valence-electron chi connectivity index (χ0n) is 21.3. The molecule has 4 rings (SSSR count). The van der Waals surface area contributed by atoms with Crippen LogP contribution in [0.4, 0.5) is 0 Å². The highest BCUT2D eigenvalue weighted by Crippen LogP contribution is 2.55. The average Bonchev–Trinajstić information content (AvgIpc) is 2.69. The second-order valence-electron chi connectivity index (χ2n) is 11.5. The van der Waals surface area contributed by atoms with Crippen LogP contribution >= 0.6 is 0 Å². The van der Waals surface area contributed by atoms with Crippen molar-refractivity contribution in [2.24, 2.45) is 11.8 Å². The van der Waals surface area contributed by atoms with E-state index in [2.05, 4.69) is 61.5 Å². The van der Waals surface area contributed by atoms with Gasteiger partial charge in [0.15, 0.2) is 0 Å². The molecule has 0 radical (unpaired) electrons. The molecule has 0 bridgehead atoms. The van der Waals surface area contributed by atoms with Crippen molar-refractivity contribution in [1.82, 2.24) is 0 Å². The molecule has 0 spiro atoms. The number of hydrogen-bond acceptors (Lipinski definition) is 2. The van der Waals surface area contributed by atoms with Crippen molar-refractivity contribution in [2.75, 3.05) is 0 Å². The van der Waals surface area contributed by atoms with Crippen LogP contribution in [0.15, 0.2) is 12.1 Å². The van der Waals surface area contributed by atoms with Gasteiger partial charge >= 0.3 is 0 Å². The second kappa shape index (κ2) is 8.43. The van der Waals surface area contributed by atoms with E-state index >= 15 is 0 Å². The molecule has 2 aromatic carbocycles. The van der Waals surface area contributed by atoms with Crippen molar-refractivity contribution >= 4 is 0 Å². The Morgan fingerprint density at radius 3 is 1.81 bits per heavy atom. The Labute approximate surface area is 195 Å². The summed E-state index contributed by atoms with van der Waals surface area (Å²) >= 11 is 0. The van der Waals surface area contributed by atoms with Gasteiger partial charge in [-0.1, -0.05) is 47.6 Å². The summed E-state index contributed by atoms with van der Waals surface area (Å²) in [6.07, 6.45) is 4.57. The van der Waals surface area contributed by atoms with Crippen LogP contribution in [0.3, 0.4) is 0 Å². The fraction of sp³-hybridized carbons (Fsp3) is 0.600. The van der Waals surface area contributed by atoms with Gasteiger partial charge in [0.1, 0.15) is 11.5 Å². The van der Waals surface area contributed by atoms with Gasteiger partial charge < -0.3 is 10.2 Å². The van der Waals surface area contributed by atoms with E-state index in [0.29, 0.717) is 47.0 Å². The number of phenols is 2. The topological polar surface area (TPSA) is 40.5 Å². The molecule has 0 saturated carbocycles. The molecule has 0 unspecified atom stereocenters. The van der Waals surface area contributed by atoms with Crippen LogP contribution in [-0.4, -0.2) is 10.2 Å². The van der Waals surface area contributed by atoms with Gasteiger partial charge in [-0.25, -0.2) is 0 Å². The molecule has 0 fully saturated rings. The Hall–Kier alpha value is -1.96. The van der Waals surface area contributed by atoms with Gasteiger partial charge in [0.05, 0.1) is 0 Å². The lowest BCUT2D eigenvalue weighted by molar-refractivity contribution is 0.389. The minimum absolute atomic E-state index is 0.337. The fourth-order valence-electron chi connectivity index (χ4n) is 6.86. The Morgan fingerprint density at radius 1 is 0.688 bits per heavy atom. The number of aromatic hydroxyl groups is 2. The van der Waals surface area contributed by atoms with Gasteiger partial charge in [-0.05, 0) is 109 Å². The van der Waals surface area contributed by atoms with Gasteiger partial charge in [0.2, 0.25) is 0 Å². The first-order valence-corrected chi connectivity index (χ1v) is 12.8. The third-order valence-electron chi connectivity index (χ3n) is 8.59. The van der Waals surface area contributed by atoms with Crippen molar-refractivity contribution in [2.45, 2.75) is 105 Å². The maximum absolute atomic E-state index is 11.9. The van der Waals surface area contributed by atoms with Gasteiger partial charge in [-0.15, -0.1) is 0 Å². The molecule has 0 saturated heterocycles. The van der Waals surface area contributed by atoms with E-state index in [1.807, 2.05) is 6.07 Å². The number of rotatable bonds is 3. The first kappa shape index (κ1) is 23.2. The maximum atomic E-state index is 11.9.